The smallest absolute Gasteiger partial charge is 0.287 e. The van der Waals surface area contributed by atoms with Crippen LogP contribution in [-0.2, 0) is 16.1 Å². The van der Waals surface area contributed by atoms with E-state index in [1.54, 1.807) is 7.11 Å². The summed E-state index contributed by atoms with van der Waals surface area (Å²) < 4.78 is 17.1. The number of amides is 1. The fourth-order valence-corrected chi connectivity index (χ4v) is 3.66. The van der Waals surface area contributed by atoms with E-state index >= 15 is 0 Å². The summed E-state index contributed by atoms with van der Waals surface area (Å²) in [4.78, 5) is 13.0. The number of piperidine rings is 1. The van der Waals surface area contributed by atoms with Crippen LogP contribution in [0.15, 0.2) is 28.7 Å². The summed E-state index contributed by atoms with van der Waals surface area (Å²) in [5.41, 5.74) is 1.48. The summed E-state index contributed by atoms with van der Waals surface area (Å²) in [6, 6.07) is 7.70. The lowest BCUT2D eigenvalue weighted by atomic mass is 9.79. The Morgan fingerprint density at radius 1 is 1.30 bits per heavy atom. The molecule has 27 heavy (non-hydrogen) atoms. The number of nitrogens with one attached hydrogen (secondary N) is 2. The van der Waals surface area contributed by atoms with Gasteiger partial charge in [0.15, 0.2) is 5.76 Å². The van der Waals surface area contributed by atoms with Gasteiger partial charge in [-0.25, -0.2) is 0 Å². The summed E-state index contributed by atoms with van der Waals surface area (Å²) in [7, 11) is 1.71. The fraction of sp³-hybridized carbons (Fsp3) is 0.571. The van der Waals surface area contributed by atoms with Gasteiger partial charge in [-0.1, -0.05) is 18.2 Å². The number of furan rings is 1. The lowest BCUT2D eigenvalue weighted by Crippen LogP contribution is -2.47. The monoisotopic (exact) mass is 374 g/mol. The third-order valence-electron chi connectivity index (χ3n) is 5.20. The summed E-state index contributed by atoms with van der Waals surface area (Å²) >= 11 is 0. The molecule has 1 saturated heterocycles. The van der Waals surface area contributed by atoms with E-state index in [2.05, 4.69) is 10.6 Å². The number of ether oxygens (including phenoxy) is 2. The highest BCUT2D eigenvalue weighted by Gasteiger charge is 2.33. The van der Waals surface area contributed by atoms with Gasteiger partial charge in [0.2, 0.25) is 0 Å². The van der Waals surface area contributed by atoms with Crippen molar-refractivity contribution in [2.24, 2.45) is 5.41 Å². The minimum atomic E-state index is -0.192. The molecule has 0 saturated carbocycles. The largest absolute Gasteiger partial charge is 0.451 e. The van der Waals surface area contributed by atoms with Gasteiger partial charge >= 0.3 is 0 Å². The molecule has 0 unspecified atom stereocenters. The molecule has 0 bridgehead atoms. The van der Waals surface area contributed by atoms with Gasteiger partial charge in [0.05, 0.1) is 19.3 Å². The third-order valence-corrected chi connectivity index (χ3v) is 5.20. The van der Waals surface area contributed by atoms with Crippen molar-refractivity contribution in [3.8, 4) is 0 Å². The summed E-state index contributed by atoms with van der Waals surface area (Å²) in [5, 5.41) is 7.38. The van der Waals surface area contributed by atoms with Crippen LogP contribution < -0.4 is 10.6 Å². The molecule has 148 valence electrons. The van der Waals surface area contributed by atoms with Crippen LogP contribution in [0.4, 0.5) is 0 Å². The average Bonchev–Trinajstić information content (AvgIpc) is 3.04. The number of carbonyl (C=O) groups excluding carboxylic acids is 1. The number of methoxy groups -OCH3 is 1. The van der Waals surface area contributed by atoms with Crippen molar-refractivity contribution < 1.29 is 18.7 Å². The number of hydrogen-bond acceptors (Lipinski definition) is 5. The van der Waals surface area contributed by atoms with E-state index in [1.165, 1.54) is 0 Å². The minimum Gasteiger partial charge on any atom is -0.451 e. The van der Waals surface area contributed by atoms with E-state index in [4.69, 9.17) is 13.9 Å². The van der Waals surface area contributed by atoms with E-state index in [0.717, 1.165) is 36.9 Å². The van der Waals surface area contributed by atoms with Crippen LogP contribution in [0.25, 0.3) is 11.0 Å². The first kappa shape index (κ1) is 19.9. The van der Waals surface area contributed by atoms with E-state index in [1.807, 2.05) is 38.1 Å². The highest BCUT2D eigenvalue weighted by Crippen LogP contribution is 2.30. The molecule has 1 aliphatic rings. The predicted molar refractivity (Wildman–Crippen MR) is 105 cm³/mol. The number of rotatable bonds is 8. The molecule has 6 nitrogen and oxygen atoms in total. The zero-order chi connectivity index (χ0) is 19.3. The molecule has 0 atom stereocenters. The van der Waals surface area contributed by atoms with Gasteiger partial charge < -0.3 is 24.5 Å². The Kier molecular flexibility index (Phi) is 6.52. The lowest BCUT2D eigenvalue weighted by Gasteiger charge is -2.37. The van der Waals surface area contributed by atoms with Crippen molar-refractivity contribution in [3.63, 3.8) is 0 Å². The topological polar surface area (TPSA) is 72.7 Å². The first-order valence-electron chi connectivity index (χ1n) is 9.64. The minimum absolute atomic E-state index is 0.0315. The van der Waals surface area contributed by atoms with Crippen molar-refractivity contribution in [1.82, 2.24) is 10.6 Å². The van der Waals surface area contributed by atoms with Crippen LogP contribution in [0.3, 0.4) is 0 Å². The molecule has 0 spiro atoms. The van der Waals surface area contributed by atoms with E-state index in [9.17, 15) is 4.79 Å². The van der Waals surface area contributed by atoms with Gasteiger partial charge in [-0.05, 0) is 45.8 Å². The molecule has 2 heterocycles. The Bertz CT molecular complexity index is 757. The van der Waals surface area contributed by atoms with Gasteiger partial charge in [-0.2, -0.15) is 0 Å². The molecule has 1 aliphatic heterocycles. The van der Waals surface area contributed by atoms with E-state index < -0.39 is 0 Å². The van der Waals surface area contributed by atoms with Gasteiger partial charge in [-0.3, -0.25) is 4.79 Å². The second-order valence-corrected chi connectivity index (χ2v) is 7.63. The maximum absolute atomic E-state index is 13.0. The van der Waals surface area contributed by atoms with Crippen LogP contribution in [0, 0.1) is 5.41 Å². The van der Waals surface area contributed by atoms with Crippen LogP contribution in [0.5, 0.6) is 0 Å². The highest BCUT2D eigenvalue weighted by atomic mass is 16.5. The van der Waals surface area contributed by atoms with Crippen molar-refractivity contribution in [1.29, 1.82) is 0 Å². The molecule has 6 heteroatoms. The van der Waals surface area contributed by atoms with Crippen LogP contribution in [0.2, 0.25) is 0 Å². The van der Waals surface area contributed by atoms with Crippen molar-refractivity contribution in [3.05, 3.63) is 35.6 Å². The highest BCUT2D eigenvalue weighted by molar-refractivity contribution is 5.99. The second-order valence-electron chi connectivity index (χ2n) is 7.63. The van der Waals surface area contributed by atoms with Crippen molar-refractivity contribution in [2.75, 3.05) is 33.4 Å². The number of hydrogen-bond donors (Lipinski definition) is 2. The first-order chi connectivity index (χ1) is 13.0. The first-order valence-corrected chi connectivity index (χ1v) is 9.64. The Morgan fingerprint density at radius 3 is 2.74 bits per heavy atom. The lowest BCUT2D eigenvalue weighted by molar-refractivity contribution is 0.0500. The average molecular weight is 374 g/mol. The maximum atomic E-state index is 13.0. The number of fused-ring (bicyclic) bond motifs is 1. The SMILES string of the molecule is COCC1(CNC(=O)c2oc3ccccc3c2COC(C)C)CCNCC1. The summed E-state index contributed by atoms with van der Waals surface area (Å²) in [6.45, 7) is 7.40. The quantitative estimate of drug-likeness (QED) is 0.743. The normalized spacial score (nSPS) is 16.7. The molecule has 0 radical (unpaired) electrons. The Balaban J connectivity index is 1.79. The molecule has 1 aromatic carbocycles. The van der Waals surface area contributed by atoms with Gasteiger partial charge in [0.1, 0.15) is 5.58 Å². The van der Waals surface area contributed by atoms with Crippen LogP contribution >= 0.6 is 0 Å². The van der Waals surface area contributed by atoms with Gasteiger partial charge in [-0.15, -0.1) is 0 Å². The molecular weight excluding hydrogens is 344 g/mol. The standard InChI is InChI=1S/C21H30N2O4/c1-15(2)26-12-17-16-6-4-5-7-18(16)27-19(17)20(24)23-13-21(14-25-3)8-10-22-11-9-21/h4-7,15,22H,8-14H2,1-3H3,(H,23,24). The molecule has 1 fully saturated rings. The van der Waals surface area contributed by atoms with Crippen molar-refractivity contribution in [2.45, 2.75) is 39.4 Å². The molecule has 3 rings (SSSR count). The van der Waals surface area contributed by atoms with Crippen LogP contribution in [-0.4, -0.2) is 45.4 Å². The second kappa shape index (κ2) is 8.87. The summed E-state index contributed by atoms with van der Waals surface area (Å²) in [6.07, 6.45) is 2.03. The van der Waals surface area contributed by atoms with Gasteiger partial charge in [0, 0.05) is 30.0 Å². The summed E-state index contributed by atoms with van der Waals surface area (Å²) in [5.74, 6) is 0.154. The third kappa shape index (κ3) is 4.69. The predicted octanol–water partition coefficient (Wildman–Crippen LogP) is 3.10. The number of carbonyl (C=O) groups is 1. The Morgan fingerprint density at radius 2 is 2.04 bits per heavy atom. The Labute approximate surface area is 160 Å². The Hall–Kier alpha value is -1.89. The molecule has 1 amide bonds. The van der Waals surface area contributed by atoms with Crippen LogP contribution in [0.1, 0.15) is 42.8 Å². The van der Waals surface area contributed by atoms with Crippen molar-refractivity contribution >= 4 is 16.9 Å². The van der Waals surface area contributed by atoms with Gasteiger partial charge in [0.25, 0.3) is 5.91 Å². The molecule has 2 aromatic rings. The van der Waals surface area contributed by atoms with E-state index in [-0.39, 0.29) is 17.4 Å². The number of para-hydroxylation sites is 1. The molecule has 2 N–H and O–H groups in total. The zero-order valence-electron chi connectivity index (χ0n) is 16.5. The molecule has 0 aliphatic carbocycles. The number of benzene rings is 1. The molecule has 1 aromatic heterocycles. The maximum Gasteiger partial charge on any atom is 0.287 e. The fourth-order valence-electron chi connectivity index (χ4n) is 3.66. The van der Waals surface area contributed by atoms with E-state index in [0.29, 0.717) is 31.1 Å². The molecular formula is C21H30N2O4. The zero-order valence-corrected chi connectivity index (χ0v) is 16.5.